The fourth-order valence-corrected chi connectivity index (χ4v) is 8.29. The molecule has 0 saturated carbocycles. The average Bonchev–Trinajstić information content (AvgIpc) is 3.42. The van der Waals surface area contributed by atoms with E-state index in [1.807, 2.05) is 0 Å². The molecule has 4 aliphatic carbocycles. The van der Waals surface area contributed by atoms with Gasteiger partial charge in [0, 0.05) is 11.8 Å². The Kier molecular flexibility index (Phi) is 7.82. The average molecular weight is 642 g/mol. The minimum absolute atomic E-state index is 0.107. The van der Waals surface area contributed by atoms with Crippen molar-refractivity contribution in [3.63, 3.8) is 0 Å². The van der Waals surface area contributed by atoms with Crippen molar-refractivity contribution < 1.29 is 0 Å². The van der Waals surface area contributed by atoms with E-state index in [-0.39, 0.29) is 6.04 Å². The maximum absolute atomic E-state index is 5.48. The van der Waals surface area contributed by atoms with E-state index in [1.165, 1.54) is 66.1 Å². The Morgan fingerprint density at radius 1 is 0.580 bits per heavy atom. The largest absolute Gasteiger partial charge is 0.272 e. The molecule has 4 aromatic carbocycles. The van der Waals surface area contributed by atoms with Crippen molar-refractivity contribution in [1.82, 2.24) is 0 Å². The molecule has 4 aromatic rings. The third kappa shape index (κ3) is 5.50. The Hall–Kier alpha value is -5.79. The zero-order valence-corrected chi connectivity index (χ0v) is 28.3. The highest BCUT2D eigenvalue weighted by Gasteiger charge is 2.30. The van der Waals surface area contributed by atoms with Gasteiger partial charge in [-0.15, -0.1) is 0 Å². The molecule has 1 nitrogen and oxygen atoms in total. The lowest BCUT2D eigenvalue weighted by Crippen LogP contribution is -2.39. The first-order valence-corrected chi connectivity index (χ1v) is 17.9. The van der Waals surface area contributed by atoms with Crippen LogP contribution in [0.15, 0.2) is 192 Å². The summed E-state index contributed by atoms with van der Waals surface area (Å²) in [6.45, 7) is 2.21. The van der Waals surface area contributed by atoms with E-state index in [2.05, 4.69) is 183 Å². The van der Waals surface area contributed by atoms with Gasteiger partial charge in [0.2, 0.25) is 0 Å². The summed E-state index contributed by atoms with van der Waals surface area (Å²) in [5.41, 5.74) is 15.2. The second-order valence-electron chi connectivity index (χ2n) is 13.8. The van der Waals surface area contributed by atoms with Crippen molar-refractivity contribution in [3.8, 4) is 11.1 Å². The molecule has 1 aliphatic heterocycles. The van der Waals surface area contributed by atoms with Crippen molar-refractivity contribution in [2.45, 2.75) is 25.8 Å². The Morgan fingerprint density at radius 2 is 1.34 bits per heavy atom. The van der Waals surface area contributed by atoms with E-state index >= 15 is 0 Å². The Bertz CT molecular complexity index is 2420. The van der Waals surface area contributed by atoms with Gasteiger partial charge in [-0.25, -0.2) is 0 Å². The molecule has 9 rings (SSSR count). The van der Waals surface area contributed by atoms with E-state index in [9.17, 15) is 0 Å². The van der Waals surface area contributed by atoms with E-state index in [1.54, 1.807) is 0 Å². The number of aliphatic imine (C=N–C) groups is 1. The molecule has 240 valence electrons. The molecular weight excluding hydrogens is 603 g/mol. The van der Waals surface area contributed by atoms with Crippen LogP contribution >= 0.6 is 0 Å². The molecule has 0 aromatic heterocycles. The van der Waals surface area contributed by atoms with Gasteiger partial charge in [-0.1, -0.05) is 169 Å². The van der Waals surface area contributed by atoms with E-state index in [4.69, 9.17) is 4.99 Å². The fourth-order valence-electron chi connectivity index (χ4n) is 8.29. The van der Waals surface area contributed by atoms with Gasteiger partial charge >= 0.3 is 0 Å². The van der Waals surface area contributed by atoms with Crippen LogP contribution in [0.5, 0.6) is 0 Å². The summed E-state index contributed by atoms with van der Waals surface area (Å²) in [4.78, 5) is 5.48. The molecule has 3 unspecified atom stereocenters. The normalized spacial score (nSPS) is 21.9. The summed E-state index contributed by atoms with van der Waals surface area (Å²) >= 11 is 0. The van der Waals surface area contributed by atoms with E-state index in [0.717, 1.165) is 24.1 Å². The lowest BCUT2D eigenvalue weighted by Gasteiger charge is -2.32. The van der Waals surface area contributed by atoms with Crippen molar-refractivity contribution in [1.29, 1.82) is 0 Å². The lowest BCUT2D eigenvalue weighted by molar-refractivity contribution is 0.690. The number of fused-ring (bicyclic) bond motifs is 4. The van der Waals surface area contributed by atoms with Crippen LogP contribution < -0.4 is 10.4 Å². The summed E-state index contributed by atoms with van der Waals surface area (Å²) in [6, 6.07) is 37.3. The minimum Gasteiger partial charge on any atom is -0.272 e. The van der Waals surface area contributed by atoms with Crippen LogP contribution in [0.4, 0.5) is 0 Å². The molecule has 1 heterocycles. The van der Waals surface area contributed by atoms with Gasteiger partial charge in [0.1, 0.15) is 0 Å². The van der Waals surface area contributed by atoms with Gasteiger partial charge in [-0.05, 0) is 98.0 Å². The van der Waals surface area contributed by atoms with Crippen LogP contribution in [0, 0.1) is 11.8 Å². The van der Waals surface area contributed by atoms with Gasteiger partial charge in [0.25, 0.3) is 0 Å². The summed E-state index contributed by atoms with van der Waals surface area (Å²) in [5.74, 6) is 0.744. The number of nitrogens with zero attached hydrogens (tertiary/aromatic N) is 1. The predicted molar refractivity (Wildman–Crippen MR) is 212 cm³/mol. The van der Waals surface area contributed by atoms with Gasteiger partial charge in [0.05, 0.1) is 11.8 Å². The van der Waals surface area contributed by atoms with Gasteiger partial charge in [-0.2, -0.15) is 0 Å². The predicted octanol–water partition coefficient (Wildman–Crippen LogP) is 10.2. The summed E-state index contributed by atoms with van der Waals surface area (Å²) in [6.07, 6.45) is 29.7. The van der Waals surface area contributed by atoms with Crippen LogP contribution in [-0.4, -0.2) is 11.8 Å². The van der Waals surface area contributed by atoms with Crippen molar-refractivity contribution >= 4 is 28.0 Å². The summed E-state index contributed by atoms with van der Waals surface area (Å²) < 4.78 is 0. The first-order valence-electron chi connectivity index (χ1n) is 17.9. The monoisotopic (exact) mass is 641 g/mol. The van der Waals surface area contributed by atoms with Crippen LogP contribution in [0.3, 0.4) is 0 Å². The molecule has 0 amide bonds. The quantitative estimate of drug-likeness (QED) is 0.206. The molecule has 50 heavy (non-hydrogen) atoms. The van der Waals surface area contributed by atoms with Crippen LogP contribution in [0.1, 0.15) is 36.5 Å². The first-order chi connectivity index (χ1) is 24.7. The lowest BCUT2D eigenvalue weighted by atomic mass is 9.71. The third-order valence-electron chi connectivity index (χ3n) is 10.7. The Balaban J connectivity index is 1.19. The molecule has 3 atom stereocenters. The fraction of sp³-hybridized carbons (Fsp3) is 0.122. The second kappa shape index (κ2) is 12.9. The molecule has 1 heteroatoms. The molecule has 0 fully saturated rings. The number of benzene rings is 4. The van der Waals surface area contributed by atoms with Crippen LogP contribution in [0.2, 0.25) is 0 Å². The van der Waals surface area contributed by atoms with Crippen molar-refractivity contribution in [2.75, 3.05) is 0 Å². The molecule has 0 saturated heterocycles. The number of hydrogen-bond acceptors (Lipinski definition) is 1. The van der Waals surface area contributed by atoms with Crippen molar-refractivity contribution in [2.24, 2.45) is 16.8 Å². The molecule has 0 radical (unpaired) electrons. The van der Waals surface area contributed by atoms with Crippen LogP contribution in [0.25, 0.3) is 33.4 Å². The highest BCUT2D eigenvalue weighted by molar-refractivity contribution is 6.14. The second-order valence-corrected chi connectivity index (χ2v) is 13.8. The number of rotatable bonds is 5. The van der Waals surface area contributed by atoms with E-state index in [0.29, 0.717) is 11.8 Å². The smallest absolute Gasteiger partial charge is 0.0943 e. The zero-order valence-electron chi connectivity index (χ0n) is 28.3. The number of hydrogen-bond donors (Lipinski definition) is 0. The topological polar surface area (TPSA) is 12.4 Å². The van der Waals surface area contributed by atoms with Gasteiger partial charge in [0.15, 0.2) is 0 Å². The highest BCUT2D eigenvalue weighted by atomic mass is 14.8. The summed E-state index contributed by atoms with van der Waals surface area (Å²) in [7, 11) is 0. The van der Waals surface area contributed by atoms with E-state index < -0.39 is 0 Å². The molecule has 5 aliphatic rings. The minimum atomic E-state index is -0.107. The number of allylic oxidation sites excluding steroid dienone is 13. The SMILES string of the molecule is CC1=CC2C(=c3ccc(-c4ccccc4C4=C(C5C=CC(c6ccccc6)=CC(c6ccccc6)=N5)C=CCC4)cc3=C3C=CC=CC32)C=C1. The van der Waals surface area contributed by atoms with Crippen LogP contribution in [-0.2, 0) is 0 Å². The maximum Gasteiger partial charge on any atom is 0.0943 e. The van der Waals surface area contributed by atoms with Gasteiger partial charge in [-0.3, -0.25) is 4.99 Å². The standard InChI is InChI=1S/C49H39N/c1-33-24-27-43-44-28-25-37(31-47(44)42-22-11-10-21-41(42)46(43)30-33)38-18-8-9-19-39(38)40-20-12-13-23-45(40)48-29-26-36(34-14-4-2-5-15-34)32-49(50-48)35-16-6-3-7-17-35/h2-11,13-19,21-32,41,46,48H,12,20H2,1H3. The van der Waals surface area contributed by atoms with Crippen molar-refractivity contribution in [3.05, 3.63) is 214 Å². The molecule has 0 N–H and O–H groups in total. The van der Waals surface area contributed by atoms with Gasteiger partial charge < -0.3 is 0 Å². The molecule has 0 spiro atoms. The third-order valence-corrected chi connectivity index (χ3v) is 10.7. The Labute approximate surface area is 295 Å². The zero-order chi connectivity index (χ0) is 33.4. The Morgan fingerprint density at radius 3 is 2.18 bits per heavy atom. The first kappa shape index (κ1) is 30.3. The molecule has 0 bridgehead atoms. The highest BCUT2D eigenvalue weighted by Crippen LogP contribution is 2.40. The molecular formula is C49H39N. The maximum atomic E-state index is 5.48. The summed E-state index contributed by atoms with van der Waals surface area (Å²) in [5, 5.41) is 2.71.